The third-order valence-corrected chi connectivity index (χ3v) is 3.49. The van der Waals surface area contributed by atoms with Gasteiger partial charge in [-0.1, -0.05) is 18.2 Å². The molecule has 0 spiro atoms. The lowest BCUT2D eigenvalue weighted by atomic mass is 9.91. The van der Waals surface area contributed by atoms with Crippen molar-refractivity contribution in [3.05, 3.63) is 36.0 Å². The zero-order valence-corrected chi connectivity index (χ0v) is 11.8. The first-order valence-corrected chi connectivity index (χ1v) is 6.63. The standard InChI is InChI=1S/C16H18N2O2/c1-16(2,11-17)7-8-18-10-12(9-15(19)20)13-5-3-4-6-14(13)18/h3-6,10H,7-9H2,1-2H3,(H,19,20). The van der Waals surface area contributed by atoms with Gasteiger partial charge in [0.1, 0.15) is 0 Å². The number of rotatable bonds is 5. The van der Waals surface area contributed by atoms with Gasteiger partial charge in [0.25, 0.3) is 0 Å². The van der Waals surface area contributed by atoms with Gasteiger partial charge < -0.3 is 9.67 Å². The van der Waals surface area contributed by atoms with Crippen molar-refractivity contribution < 1.29 is 9.90 Å². The molecule has 0 aliphatic rings. The molecule has 1 N–H and O–H groups in total. The molecule has 1 aromatic carbocycles. The average molecular weight is 270 g/mol. The fourth-order valence-corrected chi connectivity index (χ4v) is 2.27. The molecule has 4 nitrogen and oxygen atoms in total. The predicted molar refractivity (Wildman–Crippen MR) is 77.3 cm³/mol. The Kier molecular flexibility index (Phi) is 3.80. The monoisotopic (exact) mass is 270 g/mol. The molecule has 0 amide bonds. The van der Waals surface area contributed by atoms with E-state index >= 15 is 0 Å². The lowest BCUT2D eigenvalue weighted by Gasteiger charge is -2.15. The molecule has 20 heavy (non-hydrogen) atoms. The number of aromatic nitrogens is 1. The van der Waals surface area contributed by atoms with E-state index in [0.717, 1.165) is 22.9 Å². The molecule has 4 heteroatoms. The van der Waals surface area contributed by atoms with Crippen LogP contribution in [0.15, 0.2) is 30.5 Å². The van der Waals surface area contributed by atoms with Crippen molar-refractivity contribution in [2.45, 2.75) is 33.2 Å². The molecule has 0 aliphatic carbocycles. The van der Waals surface area contributed by atoms with Crippen LogP contribution in [0.25, 0.3) is 10.9 Å². The fourth-order valence-electron chi connectivity index (χ4n) is 2.27. The fraction of sp³-hybridized carbons (Fsp3) is 0.375. The van der Waals surface area contributed by atoms with Crippen LogP contribution in [-0.4, -0.2) is 15.6 Å². The zero-order valence-electron chi connectivity index (χ0n) is 11.8. The van der Waals surface area contributed by atoms with Gasteiger partial charge in [-0.2, -0.15) is 5.26 Å². The molecule has 0 unspecified atom stereocenters. The molecule has 2 aromatic rings. The van der Waals surface area contributed by atoms with Crippen LogP contribution < -0.4 is 0 Å². The average Bonchev–Trinajstić information content (AvgIpc) is 2.75. The second-order valence-corrected chi connectivity index (χ2v) is 5.68. The molecule has 1 aromatic heterocycles. The summed E-state index contributed by atoms with van der Waals surface area (Å²) in [7, 11) is 0. The summed E-state index contributed by atoms with van der Waals surface area (Å²) < 4.78 is 2.05. The highest BCUT2D eigenvalue weighted by atomic mass is 16.4. The van der Waals surface area contributed by atoms with Crippen LogP contribution in [0.2, 0.25) is 0 Å². The van der Waals surface area contributed by atoms with Gasteiger partial charge in [0, 0.05) is 23.6 Å². The lowest BCUT2D eigenvalue weighted by molar-refractivity contribution is -0.136. The highest BCUT2D eigenvalue weighted by Crippen LogP contribution is 2.25. The van der Waals surface area contributed by atoms with E-state index in [1.54, 1.807) is 0 Å². The second-order valence-electron chi connectivity index (χ2n) is 5.68. The van der Waals surface area contributed by atoms with E-state index in [1.807, 2.05) is 48.9 Å². The normalized spacial score (nSPS) is 11.4. The van der Waals surface area contributed by atoms with Gasteiger partial charge in [0.2, 0.25) is 0 Å². The first kappa shape index (κ1) is 14.1. The number of nitrogens with zero attached hydrogens (tertiary/aromatic N) is 2. The Bertz CT molecular complexity index is 677. The number of fused-ring (bicyclic) bond motifs is 1. The smallest absolute Gasteiger partial charge is 0.307 e. The first-order valence-electron chi connectivity index (χ1n) is 6.63. The number of carboxylic acid groups (broad SMARTS) is 1. The van der Waals surface area contributed by atoms with E-state index in [-0.39, 0.29) is 11.8 Å². The Morgan fingerprint density at radius 1 is 1.40 bits per heavy atom. The molecule has 0 fully saturated rings. The van der Waals surface area contributed by atoms with Gasteiger partial charge >= 0.3 is 5.97 Å². The number of para-hydroxylation sites is 1. The van der Waals surface area contributed by atoms with Crippen LogP contribution in [0.1, 0.15) is 25.8 Å². The third kappa shape index (κ3) is 3.00. The zero-order chi connectivity index (χ0) is 14.8. The third-order valence-electron chi connectivity index (χ3n) is 3.49. The number of aliphatic carboxylic acids is 1. The van der Waals surface area contributed by atoms with Crippen molar-refractivity contribution >= 4 is 16.9 Å². The molecule has 0 aliphatic heterocycles. The van der Waals surface area contributed by atoms with Gasteiger partial charge in [-0.3, -0.25) is 4.79 Å². The van der Waals surface area contributed by atoms with Gasteiger partial charge in [0.15, 0.2) is 0 Å². The first-order chi connectivity index (χ1) is 9.43. The molecule has 104 valence electrons. The molecule has 1 heterocycles. The molecular weight excluding hydrogens is 252 g/mol. The van der Waals surface area contributed by atoms with Crippen molar-refractivity contribution in [1.29, 1.82) is 5.26 Å². The maximum absolute atomic E-state index is 10.9. The molecule has 0 saturated carbocycles. The quantitative estimate of drug-likeness (QED) is 0.907. The van der Waals surface area contributed by atoms with Crippen LogP contribution in [0.4, 0.5) is 0 Å². The number of hydrogen-bond acceptors (Lipinski definition) is 2. The van der Waals surface area contributed by atoms with Crippen molar-refractivity contribution in [3.63, 3.8) is 0 Å². The van der Waals surface area contributed by atoms with Crippen LogP contribution in [0.3, 0.4) is 0 Å². The summed E-state index contributed by atoms with van der Waals surface area (Å²) in [6.45, 7) is 4.54. The summed E-state index contributed by atoms with van der Waals surface area (Å²) in [5.41, 5.74) is 1.47. The Hall–Kier alpha value is -2.28. The van der Waals surface area contributed by atoms with E-state index in [0.29, 0.717) is 6.54 Å². The topological polar surface area (TPSA) is 66.0 Å². The highest BCUT2D eigenvalue weighted by molar-refractivity contribution is 5.87. The Morgan fingerprint density at radius 3 is 2.75 bits per heavy atom. The van der Waals surface area contributed by atoms with E-state index < -0.39 is 5.97 Å². The maximum Gasteiger partial charge on any atom is 0.307 e. The highest BCUT2D eigenvalue weighted by Gasteiger charge is 2.18. The molecule has 2 rings (SSSR count). The lowest BCUT2D eigenvalue weighted by Crippen LogP contribution is -2.12. The largest absolute Gasteiger partial charge is 0.481 e. The van der Waals surface area contributed by atoms with Crippen molar-refractivity contribution in [2.75, 3.05) is 0 Å². The van der Waals surface area contributed by atoms with Gasteiger partial charge in [0.05, 0.1) is 17.9 Å². The van der Waals surface area contributed by atoms with E-state index in [1.165, 1.54) is 0 Å². The number of hydrogen-bond donors (Lipinski definition) is 1. The van der Waals surface area contributed by atoms with Gasteiger partial charge in [-0.25, -0.2) is 0 Å². The number of benzene rings is 1. The summed E-state index contributed by atoms with van der Waals surface area (Å²) in [5.74, 6) is -0.828. The van der Waals surface area contributed by atoms with E-state index in [2.05, 4.69) is 6.07 Å². The SMILES string of the molecule is CC(C)(C#N)CCn1cc(CC(=O)O)c2ccccc21. The van der Waals surface area contributed by atoms with Gasteiger partial charge in [-0.15, -0.1) is 0 Å². The molecular formula is C16H18N2O2. The van der Waals surface area contributed by atoms with Crippen molar-refractivity contribution in [1.82, 2.24) is 4.57 Å². The summed E-state index contributed by atoms with van der Waals surface area (Å²) in [5, 5.41) is 19.0. The number of nitriles is 1. The summed E-state index contributed by atoms with van der Waals surface area (Å²) in [4.78, 5) is 10.9. The maximum atomic E-state index is 10.9. The van der Waals surface area contributed by atoms with Crippen LogP contribution in [0.5, 0.6) is 0 Å². The van der Waals surface area contributed by atoms with Crippen LogP contribution in [0, 0.1) is 16.7 Å². The Balaban J connectivity index is 2.34. The van der Waals surface area contributed by atoms with Crippen LogP contribution >= 0.6 is 0 Å². The molecule has 0 bridgehead atoms. The minimum Gasteiger partial charge on any atom is -0.481 e. The number of carboxylic acids is 1. The second kappa shape index (κ2) is 5.38. The summed E-state index contributed by atoms with van der Waals surface area (Å²) in [6.07, 6.45) is 2.65. The van der Waals surface area contributed by atoms with E-state index in [9.17, 15) is 4.79 Å². The molecule has 0 saturated heterocycles. The molecule has 0 atom stereocenters. The summed E-state index contributed by atoms with van der Waals surface area (Å²) >= 11 is 0. The van der Waals surface area contributed by atoms with Crippen LogP contribution in [-0.2, 0) is 17.8 Å². The van der Waals surface area contributed by atoms with E-state index in [4.69, 9.17) is 10.4 Å². The Labute approximate surface area is 118 Å². The Morgan fingerprint density at radius 2 is 2.10 bits per heavy atom. The van der Waals surface area contributed by atoms with Crippen molar-refractivity contribution in [3.8, 4) is 6.07 Å². The van der Waals surface area contributed by atoms with Crippen molar-refractivity contribution in [2.24, 2.45) is 5.41 Å². The minimum absolute atomic E-state index is 0.0230. The number of aryl methyl sites for hydroxylation is 1. The summed E-state index contributed by atoms with van der Waals surface area (Å²) in [6, 6.07) is 10.1. The molecule has 0 radical (unpaired) electrons. The van der Waals surface area contributed by atoms with Gasteiger partial charge in [-0.05, 0) is 31.9 Å². The predicted octanol–water partition coefficient (Wildman–Crippen LogP) is 3.21. The minimum atomic E-state index is -0.828. The number of carbonyl (C=O) groups is 1.